The van der Waals surface area contributed by atoms with Crippen molar-refractivity contribution in [3.8, 4) is 0 Å². The van der Waals surface area contributed by atoms with Crippen LogP contribution in [0.2, 0.25) is 0 Å². The van der Waals surface area contributed by atoms with E-state index in [1.165, 1.54) is 5.56 Å². The van der Waals surface area contributed by atoms with Gasteiger partial charge >= 0.3 is 12.1 Å². The molecule has 152 valence electrons. The minimum absolute atomic E-state index is 0.0514. The average Bonchev–Trinajstić information content (AvgIpc) is 3.10. The number of hydrogen-bond donors (Lipinski definition) is 1. The maximum atomic E-state index is 12.6. The van der Waals surface area contributed by atoms with Gasteiger partial charge in [-0.05, 0) is 52.9 Å². The van der Waals surface area contributed by atoms with Crippen LogP contribution in [0.3, 0.4) is 0 Å². The average molecular weight is 458 g/mol. The number of likely N-dealkylation sites (tertiary alicyclic amines) is 1. The molecule has 2 aliphatic rings. The molecule has 0 aromatic heterocycles. The van der Waals surface area contributed by atoms with Crippen molar-refractivity contribution in [3.05, 3.63) is 64.6 Å². The summed E-state index contributed by atoms with van der Waals surface area (Å²) in [4.78, 5) is 28.7. The first-order chi connectivity index (χ1) is 14.1. The van der Waals surface area contributed by atoms with E-state index in [4.69, 9.17) is 4.74 Å². The van der Waals surface area contributed by atoms with Crippen LogP contribution in [-0.4, -0.2) is 53.7 Å². The first-order valence-corrected chi connectivity index (χ1v) is 10.7. The third kappa shape index (κ3) is 4.56. The van der Waals surface area contributed by atoms with Crippen LogP contribution < -0.4 is 5.32 Å². The summed E-state index contributed by atoms with van der Waals surface area (Å²) in [5.74, 6) is 0. The van der Waals surface area contributed by atoms with E-state index in [1.807, 2.05) is 52.3 Å². The van der Waals surface area contributed by atoms with Gasteiger partial charge in [0.15, 0.2) is 0 Å². The monoisotopic (exact) mass is 457 g/mol. The molecule has 4 rings (SSSR count). The van der Waals surface area contributed by atoms with Crippen molar-refractivity contribution in [1.82, 2.24) is 9.80 Å². The Balaban J connectivity index is 1.35. The molecular weight excluding hydrogens is 434 g/mol. The van der Waals surface area contributed by atoms with Crippen LogP contribution in [0.25, 0.3) is 0 Å². The molecule has 2 aromatic rings. The van der Waals surface area contributed by atoms with E-state index in [-0.39, 0.29) is 24.2 Å². The molecule has 1 unspecified atom stereocenters. The molecule has 0 aliphatic carbocycles. The van der Waals surface area contributed by atoms with Crippen molar-refractivity contribution in [2.45, 2.75) is 31.3 Å². The minimum Gasteiger partial charge on any atom is -0.447 e. The number of amides is 3. The van der Waals surface area contributed by atoms with E-state index < -0.39 is 0 Å². The Kier molecular flexibility index (Phi) is 6.04. The lowest BCUT2D eigenvalue weighted by Crippen LogP contribution is -2.51. The Bertz CT molecular complexity index is 869. The van der Waals surface area contributed by atoms with Crippen LogP contribution in [0.4, 0.5) is 15.3 Å². The summed E-state index contributed by atoms with van der Waals surface area (Å²) in [6, 6.07) is 17.8. The predicted molar refractivity (Wildman–Crippen MR) is 115 cm³/mol. The highest BCUT2D eigenvalue weighted by atomic mass is 79.9. The number of para-hydroxylation sites is 1. The number of halogens is 1. The lowest BCUT2D eigenvalue weighted by Gasteiger charge is -2.37. The Morgan fingerprint density at radius 2 is 1.76 bits per heavy atom. The zero-order valence-electron chi connectivity index (χ0n) is 16.1. The van der Waals surface area contributed by atoms with Crippen molar-refractivity contribution in [3.63, 3.8) is 0 Å². The van der Waals surface area contributed by atoms with E-state index in [0.717, 1.165) is 29.4 Å². The zero-order valence-corrected chi connectivity index (χ0v) is 17.7. The number of benzene rings is 2. The first kappa shape index (κ1) is 19.8. The molecule has 2 aliphatic heterocycles. The second-order valence-corrected chi connectivity index (χ2v) is 8.31. The molecular formula is C22H24BrN3O3. The molecule has 29 heavy (non-hydrogen) atoms. The summed E-state index contributed by atoms with van der Waals surface area (Å²) >= 11 is 3.45. The number of piperidine rings is 1. The van der Waals surface area contributed by atoms with Crippen LogP contribution in [0.1, 0.15) is 18.4 Å². The van der Waals surface area contributed by atoms with Gasteiger partial charge < -0.3 is 15.0 Å². The Labute approximate surface area is 178 Å². The molecule has 0 radical (unpaired) electrons. The Morgan fingerprint density at radius 1 is 1.07 bits per heavy atom. The topological polar surface area (TPSA) is 61.9 Å². The molecule has 3 amide bonds. The Morgan fingerprint density at radius 3 is 2.48 bits per heavy atom. The van der Waals surface area contributed by atoms with E-state index in [0.29, 0.717) is 19.7 Å². The number of cyclic esters (lactones) is 1. The van der Waals surface area contributed by atoms with Gasteiger partial charge in [0.05, 0.1) is 11.7 Å². The number of rotatable bonds is 4. The number of carbonyl (C=O) groups excluding carboxylic acids is 2. The van der Waals surface area contributed by atoms with Crippen molar-refractivity contribution < 1.29 is 14.3 Å². The predicted octanol–water partition coefficient (Wildman–Crippen LogP) is 4.51. The van der Waals surface area contributed by atoms with Crippen molar-refractivity contribution in [1.29, 1.82) is 0 Å². The third-order valence-corrected chi connectivity index (χ3v) is 6.27. The molecule has 0 spiro atoms. The molecule has 6 nitrogen and oxygen atoms in total. The SMILES string of the molecule is O=C(Nc1ccccc1Br)N1CCC(N2C(=O)OCC2Cc2ccccc2)CC1. The molecule has 2 saturated heterocycles. The van der Waals surface area contributed by atoms with Gasteiger partial charge in [0.25, 0.3) is 0 Å². The lowest BCUT2D eigenvalue weighted by atomic mass is 9.99. The van der Waals surface area contributed by atoms with Gasteiger partial charge in [-0.1, -0.05) is 42.5 Å². The van der Waals surface area contributed by atoms with Gasteiger partial charge in [-0.25, -0.2) is 9.59 Å². The lowest BCUT2D eigenvalue weighted by molar-refractivity contribution is 0.116. The number of carbonyl (C=O) groups is 2. The second-order valence-electron chi connectivity index (χ2n) is 7.46. The van der Waals surface area contributed by atoms with Gasteiger partial charge in [0.2, 0.25) is 0 Å². The number of anilines is 1. The van der Waals surface area contributed by atoms with E-state index in [2.05, 4.69) is 33.4 Å². The number of nitrogens with zero attached hydrogens (tertiary/aromatic N) is 2. The van der Waals surface area contributed by atoms with Crippen molar-refractivity contribution in [2.75, 3.05) is 25.0 Å². The van der Waals surface area contributed by atoms with Gasteiger partial charge in [0.1, 0.15) is 6.61 Å². The van der Waals surface area contributed by atoms with Crippen LogP contribution >= 0.6 is 15.9 Å². The number of urea groups is 1. The number of hydrogen-bond acceptors (Lipinski definition) is 3. The quantitative estimate of drug-likeness (QED) is 0.734. The number of nitrogens with one attached hydrogen (secondary N) is 1. The molecule has 2 heterocycles. The summed E-state index contributed by atoms with van der Waals surface area (Å²) in [5.41, 5.74) is 1.96. The van der Waals surface area contributed by atoms with Gasteiger partial charge in [-0.3, -0.25) is 4.90 Å². The number of ether oxygens (including phenoxy) is 1. The largest absolute Gasteiger partial charge is 0.447 e. The zero-order chi connectivity index (χ0) is 20.2. The van der Waals surface area contributed by atoms with Crippen LogP contribution in [0.15, 0.2) is 59.1 Å². The van der Waals surface area contributed by atoms with E-state index in [1.54, 1.807) is 0 Å². The summed E-state index contributed by atoms with van der Waals surface area (Å²) in [6.07, 6.45) is 2.06. The first-order valence-electron chi connectivity index (χ1n) is 9.91. The normalized spacial score (nSPS) is 19.9. The van der Waals surface area contributed by atoms with E-state index in [9.17, 15) is 9.59 Å². The fourth-order valence-electron chi connectivity index (χ4n) is 4.07. The third-order valence-electron chi connectivity index (χ3n) is 5.58. The minimum atomic E-state index is -0.234. The van der Waals surface area contributed by atoms with Crippen LogP contribution in [-0.2, 0) is 11.2 Å². The standard InChI is InChI=1S/C22H24BrN3O3/c23-19-8-4-5-9-20(19)24-21(27)25-12-10-17(11-13-25)26-18(15-29-22(26)28)14-16-6-2-1-3-7-16/h1-9,17-18H,10-15H2,(H,24,27). The molecule has 2 aromatic carbocycles. The summed E-state index contributed by atoms with van der Waals surface area (Å²) in [5, 5.41) is 2.95. The molecule has 2 fully saturated rings. The maximum Gasteiger partial charge on any atom is 0.410 e. The fourth-order valence-corrected chi connectivity index (χ4v) is 4.45. The Hall–Kier alpha value is -2.54. The molecule has 1 atom stereocenters. The molecule has 7 heteroatoms. The highest BCUT2D eigenvalue weighted by Crippen LogP contribution is 2.27. The summed E-state index contributed by atoms with van der Waals surface area (Å²) < 4.78 is 6.21. The highest BCUT2D eigenvalue weighted by molar-refractivity contribution is 9.10. The highest BCUT2D eigenvalue weighted by Gasteiger charge is 2.39. The van der Waals surface area contributed by atoms with Crippen molar-refractivity contribution >= 4 is 33.7 Å². The van der Waals surface area contributed by atoms with Gasteiger partial charge in [0, 0.05) is 23.6 Å². The molecule has 0 bridgehead atoms. The van der Waals surface area contributed by atoms with Crippen LogP contribution in [0, 0.1) is 0 Å². The molecule has 0 saturated carbocycles. The second kappa shape index (κ2) is 8.86. The maximum absolute atomic E-state index is 12.6. The molecule has 1 N–H and O–H groups in total. The van der Waals surface area contributed by atoms with Crippen LogP contribution in [0.5, 0.6) is 0 Å². The van der Waals surface area contributed by atoms with Crippen molar-refractivity contribution in [2.24, 2.45) is 0 Å². The fraction of sp³-hybridized carbons (Fsp3) is 0.364. The van der Waals surface area contributed by atoms with Gasteiger partial charge in [-0.2, -0.15) is 0 Å². The summed E-state index contributed by atoms with van der Waals surface area (Å²) in [6.45, 7) is 1.65. The smallest absolute Gasteiger partial charge is 0.410 e. The van der Waals surface area contributed by atoms with E-state index >= 15 is 0 Å². The summed E-state index contributed by atoms with van der Waals surface area (Å²) in [7, 11) is 0. The van der Waals surface area contributed by atoms with Gasteiger partial charge in [-0.15, -0.1) is 0 Å².